The lowest BCUT2D eigenvalue weighted by molar-refractivity contribution is 0.136. The molecule has 2 N–H and O–H groups in total. The van der Waals surface area contributed by atoms with E-state index in [9.17, 15) is 9.90 Å². The van der Waals surface area contributed by atoms with Crippen molar-refractivity contribution in [2.45, 2.75) is 12.8 Å². The molecular weight excluding hydrogens is 304 g/mol. The monoisotopic (exact) mass is 324 g/mol. The predicted octanol–water partition coefficient (Wildman–Crippen LogP) is 3.82. The van der Waals surface area contributed by atoms with Crippen LogP contribution < -0.4 is 5.32 Å². The van der Waals surface area contributed by atoms with E-state index in [4.69, 9.17) is 4.42 Å². The Balaban J connectivity index is 1.56. The fraction of sp³-hybridized carbons (Fsp3) is 0.316. The number of piperidine rings is 1. The van der Waals surface area contributed by atoms with Crippen molar-refractivity contribution in [3.8, 4) is 0 Å². The Morgan fingerprint density at radius 2 is 2.04 bits per heavy atom. The van der Waals surface area contributed by atoms with Gasteiger partial charge in [-0.3, -0.25) is 0 Å². The van der Waals surface area contributed by atoms with E-state index in [2.05, 4.69) is 5.32 Å². The number of likely N-dealkylation sites (tertiary alicyclic amines) is 1. The van der Waals surface area contributed by atoms with Gasteiger partial charge in [0, 0.05) is 42.2 Å². The number of para-hydroxylation sites is 1. The van der Waals surface area contributed by atoms with Gasteiger partial charge in [0.15, 0.2) is 0 Å². The fourth-order valence-corrected chi connectivity index (χ4v) is 3.40. The number of hydrogen-bond acceptors (Lipinski definition) is 3. The minimum Gasteiger partial charge on any atom is -0.456 e. The van der Waals surface area contributed by atoms with Gasteiger partial charge in [0.25, 0.3) is 0 Å². The number of furan rings is 1. The average Bonchev–Trinajstić information content (AvgIpc) is 2.99. The molecule has 1 saturated heterocycles. The molecule has 1 atom stereocenters. The molecule has 5 nitrogen and oxygen atoms in total. The van der Waals surface area contributed by atoms with Gasteiger partial charge >= 0.3 is 6.03 Å². The molecular formula is C19H20N2O3. The van der Waals surface area contributed by atoms with E-state index in [1.807, 2.05) is 42.5 Å². The Bertz CT molecular complexity index is 887. The number of aliphatic hydroxyl groups is 1. The molecule has 1 aliphatic heterocycles. The highest BCUT2D eigenvalue weighted by atomic mass is 16.3. The van der Waals surface area contributed by atoms with Gasteiger partial charge in [0.05, 0.1) is 0 Å². The minimum absolute atomic E-state index is 0.122. The number of benzene rings is 2. The summed E-state index contributed by atoms with van der Waals surface area (Å²) in [4.78, 5) is 14.2. The van der Waals surface area contributed by atoms with Crippen LogP contribution in [0.3, 0.4) is 0 Å². The normalized spacial score (nSPS) is 18.2. The Kier molecular flexibility index (Phi) is 3.86. The van der Waals surface area contributed by atoms with Gasteiger partial charge < -0.3 is 19.7 Å². The summed E-state index contributed by atoms with van der Waals surface area (Å²) in [5, 5.41) is 14.4. The number of amides is 2. The number of carbonyl (C=O) groups is 1. The van der Waals surface area contributed by atoms with Gasteiger partial charge in [-0.15, -0.1) is 0 Å². The number of urea groups is 1. The topological polar surface area (TPSA) is 65.7 Å². The van der Waals surface area contributed by atoms with Crippen LogP contribution in [0.4, 0.5) is 10.5 Å². The zero-order valence-electron chi connectivity index (χ0n) is 13.4. The third-order valence-electron chi connectivity index (χ3n) is 4.69. The van der Waals surface area contributed by atoms with Crippen molar-refractivity contribution in [2.75, 3.05) is 25.0 Å². The van der Waals surface area contributed by atoms with E-state index in [1.165, 1.54) is 0 Å². The molecule has 0 bridgehead atoms. The second-order valence-electron chi connectivity index (χ2n) is 6.38. The van der Waals surface area contributed by atoms with Gasteiger partial charge in [0.1, 0.15) is 11.2 Å². The van der Waals surface area contributed by atoms with E-state index in [1.54, 1.807) is 4.90 Å². The maximum Gasteiger partial charge on any atom is 0.321 e. The molecule has 2 heterocycles. The predicted molar refractivity (Wildman–Crippen MR) is 94.1 cm³/mol. The van der Waals surface area contributed by atoms with Crippen molar-refractivity contribution in [2.24, 2.45) is 5.92 Å². The van der Waals surface area contributed by atoms with Crippen LogP contribution in [0.15, 0.2) is 46.9 Å². The van der Waals surface area contributed by atoms with Gasteiger partial charge in [-0.25, -0.2) is 4.79 Å². The van der Waals surface area contributed by atoms with Crippen LogP contribution in [0.1, 0.15) is 12.8 Å². The van der Waals surface area contributed by atoms with Gasteiger partial charge in [-0.05, 0) is 37.0 Å². The largest absolute Gasteiger partial charge is 0.456 e. The molecule has 24 heavy (non-hydrogen) atoms. The minimum atomic E-state index is -0.122. The van der Waals surface area contributed by atoms with E-state index in [0.717, 1.165) is 47.0 Å². The third-order valence-corrected chi connectivity index (χ3v) is 4.69. The van der Waals surface area contributed by atoms with Crippen molar-refractivity contribution in [1.82, 2.24) is 4.90 Å². The Morgan fingerprint density at radius 1 is 1.21 bits per heavy atom. The third kappa shape index (κ3) is 2.71. The molecule has 3 aromatic rings. The molecule has 0 spiro atoms. The lowest BCUT2D eigenvalue weighted by atomic mass is 9.99. The first-order chi connectivity index (χ1) is 11.7. The van der Waals surface area contributed by atoms with Gasteiger partial charge in [0.2, 0.25) is 0 Å². The number of rotatable bonds is 2. The highest BCUT2D eigenvalue weighted by Crippen LogP contribution is 2.30. The summed E-state index contributed by atoms with van der Waals surface area (Å²) in [6.45, 7) is 1.47. The second kappa shape index (κ2) is 6.17. The van der Waals surface area contributed by atoms with Crippen LogP contribution >= 0.6 is 0 Å². The summed E-state index contributed by atoms with van der Waals surface area (Å²) in [5.41, 5.74) is 2.33. The number of carbonyl (C=O) groups excluding carboxylic acids is 1. The molecule has 1 fully saturated rings. The number of nitrogens with one attached hydrogen (secondary N) is 1. The zero-order valence-corrected chi connectivity index (χ0v) is 13.4. The van der Waals surface area contributed by atoms with E-state index in [0.29, 0.717) is 6.54 Å². The Labute approximate surface area is 139 Å². The average molecular weight is 324 g/mol. The van der Waals surface area contributed by atoms with Crippen molar-refractivity contribution in [3.63, 3.8) is 0 Å². The zero-order chi connectivity index (χ0) is 16.5. The maximum absolute atomic E-state index is 12.4. The summed E-state index contributed by atoms with van der Waals surface area (Å²) in [5.74, 6) is 0.183. The molecule has 4 rings (SSSR count). The summed E-state index contributed by atoms with van der Waals surface area (Å²) in [6.07, 6.45) is 1.91. The fourth-order valence-electron chi connectivity index (χ4n) is 3.40. The molecule has 0 aliphatic carbocycles. The summed E-state index contributed by atoms with van der Waals surface area (Å²) in [7, 11) is 0. The molecule has 1 aromatic heterocycles. The van der Waals surface area contributed by atoms with Crippen LogP contribution in [-0.4, -0.2) is 35.7 Å². The molecule has 0 radical (unpaired) electrons. The number of fused-ring (bicyclic) bond motifs is 3. The van der Waals surface area contributed by atoms with Crippen LogP contribution in [0.2, 0.25) is 0 Å². The Morgan fingerprint density at radius 3 is 2.92 bits per heavy atom. The standard InChI is InChI=1S/C19H20N2O3/c22-12-13-4-3-9-21(11-13)19(23)20-14-7-8-16-15-5-1-2-6-17(15)24-18(16)10-14/h1-2,5-8,10,13,22H,3-4,9,11-12H2,(H,20,23). The molecule has 2 amide bonds. The van der Waals surface area contributed by atoms with Crippen molar-refractivity contribution < 1.29 is 14.3 Å². The second-order valence-corrected chi connectivity index (χ2v) is 6.38. The van der Waals surface area contributed by atoms with E-state index < -0.39 is 0 Å². The van der Waals surface area contributed by atoms with Crippen molar-refractivity contribution >= 4 is 33.7 Å². The lowest BCUT2D eigenvalue weighted by Gasteiger charge is -2.31. The van der Waals surface area contributed by atoms with Gasteiger partial charge in [-0.2, -0.15) is 0 Å². The summed E-state index contributed by atoms with van der Waals surface area (Å²) in [6, 6.07) is 13.5. The summed E-state index contributed by atoms with van der Waals surface area (Å²) < 4.78 is 5.86. The van der Waals surface area contributed by atoms with Crippen molar-refractivity contribution in [1.29, 1.82) is 0 Å². The first-order valence-corrected chi connectivity index (χ1v) is 8.32. The maximum atomic E-state index is 12.4. The molecule has 5 heteroatoms. The molecule has 0 saturated carbocycles. The highest BCUT2D eigenvalue weighted by Gasteiger charge is 2.23. The quantitative estimate of drug-likeness (QED) is 0.753. The number of hydrogen-bond donors (Lipinski definition) is 2. The highest BCUT2D eigenvalue weighted by molar-refractivity contribution is 6.06. The summed E-state index contributed by atoms with van der Waals surface area (Å²) >= 11 is 0. The smallest absolute Gasteiger partial charge is 0.321 e. The molecule has 2 aromatic carbocycles. The number of nitrogens with zero attached hydrogens (tertiary/aromatic N) is 1. The number of anilines is 1. The van der Waals surface area contributed by atoms with Crippen LogP contribution in [0.5, 0.6) is 0 Å². The van der Waals surface area contributed by atoms with Crippen LogP contribution in [-0.2, 0) is 0 Å². The van der Waals surface area contributed by atoms with Gasteiger partial charge in [-0.1, -0.05) is 18.2 Å². The first kappa shape index (κ1) is 15.0. The SMILES string of the molecule is O=C(Nc1ccc2c(c1)oc1ccccc12)N1CCCC(CO)C1. The van der Waals surface area contributed by atoms with E-state index >= 15 is 0 Å². The van der Waals surface area contributed by atoms with Crippen molar-refractivity contribution in [3.05, 3.63) is 42.5 Å². The Hall–Kier alpha value is -2.53. The van der Waals surface area contributed by atoms with E-state index in [-0.39, 0.29) is 18.6 Å². The van der Waals surface area contributed by atoms with Crippen LogP contribution in [0, 0.1) is 5.92 Å². The lowest BCUT2D eigenvalue weighted by Crippen LogP contribution is -2.43. The number of aliphatic hydroxyl groups excluding tert-OH is 1. The first-order valence-electron chi connectivity index (χ1n) is 8.32. The molecule has 1 unspecified atom stereocenters. The van der Waals surface area contributed by atoms with Crippen LogP contribution in [0.25, 0.3) is 21.9 Å². The molecule has 124 valence electrons. The molecule has 1 aliphatic rings.